The van der Waals surface area contributed by atoms with Crippen molar-refractivity contribution < 1.29 is 22.5 Å². The third-order valence-electron chi connectivity index (χ3n) is 6.93. The highest BCUT2D eigenvalue weighted by Crippen LogP contribution is 2.34. The molecule has 40 heavy (non-hydrogen) atoms. The topological polar surface area (TPSA) is 117 Å². The number of carbonyl (C=O) groups is 1. The molecule has 12 heteroatoms. The minimum absolute atomic E-state index is 0.159. The first-order chi connectivity index (χ1) is 19.1. The van der Waals surface area contributed by atoms with E-state index in [1.807, 2.05) is 30.5 Å². The molecule has 0 spiro atoms. The number of H-pyrrole nitrogens is 1. The van der Waals surface area contributed by atoms with E-state index < -0.39 is 38.9 Å². The number of sulfonamides is 1. The van der Waals surface area contributed by atoms with E-state index in [1.165, 1.54) is 24.3 Å². The van der Waals surface area contributed by atoms with Gasteiger partial charge in [-0.05, 0) is 60.7 Å². The van der Waals surface area contributed by atoms with Gasteiger partial charge in [-0.1, -0.05) is 41.9 Å². The summed E-state index contributed by atoms with van der Waals surface area (Å²) in [6.45, 7) is 0.0218. The molecule has 0 radical (unpaired) electrons. The zero-order valence-corrected chi connectivity index (χ0v) is 22.9. The predicted octanol–water partition coefficient (Wildman–Crippen LogP) is 5.29. The molecule has 0 bridgehead atoms. The molecule has 0 saturated heterocycles. The SMILES string of the molecule is O=C(CN(C1CC1)S(=O)(=O)c1ccc(Cl)c([N+](=O)[O-])c1)N(CCc1c[nH]c2ccccc12)Cc1ccc(F)cc1. The Labute approximate surface area is 235 Å². The minimum Gasteiger partial charge on any atom is -0.361 e. The Kier molecular flexibility index (Phi) is 7.88. The molecular formula is C28H26ClFN4O5S. The fraction of sp³-hybridized carbons (Fsp3) is 0.250. The number of benzene rings is 3. The monoisotopic (exact) mass is 584 g/mol. The molecule has 1 fully saturated rings. The lowest BCUT2D eigenvalue weighted by Crippen LogP contribution is -2.44. The van der Waals surface area contributed by atoms with Gasteiger partial charge in [0.05, 0.1) is 16.4 Å². The lowest BCUT2D eigenvalue weighted by Gasteiger charge is -2.27. The summed E-state index contributed by atoms with van der Waals surface area (Å²) in [5, 5.41) is 12.2. The van der Waals surface area contributed by atoms with Crippen LogP contribution >= 0.6 is 11.6 Å². The highest BCUT2D eigenvalue weighted by atomic mass is 35.5. The molecule has 5 rings (SSSR count). The van der Waals surface area contributed by atoms with Gasteiger partial charge in [-0.3, -0.25) is 14.9 Å². The summed E-state index contributed by atoms with van der Waals surface area (Å²) in [6, 6.07) is 16.5. The maximum absolute atomic E-state index is 13.7. The molecule has 208 valence electrons. The highest BCUT2D eigenvalue weighted by Gasteiger charge is 2.40. The molecule has 1 N–H and O–H groups in total. The van der Waals surface area contributed by atoms with E-state index in [9.17, 15) is 27.7 Å². The van der Waals surface area contributed by atoms with E-state index in [0.717, 1.165) is 26.8 Å². The third kappa shape index (κ3) is 6.01. The Morgan fingerprint density at radius 1 is 1.10 bits per heavy atom. The molecule has 1 amide bonds. The number of hydrogen-bond donors (Lipinski definition) is 1. The van der Waals surface area contributed by atoms with Gasteiger partial charge in [0.2, 0.25) is 15.9 Å². The van der Waals surface area contributed by atoms with Crippen LogP contribution in [-0.4, -0.2) is 52.6 Å². The van der Waals surface area contributed by atoms with Crippen LogP contribution < -0.4 is 0 Å². The zero-order chi connectivity index (χ0) is 28.4. The molecule has 1 aliphatic carbocycles. The number of aromatic amines is 1. The number of hydrogen-bond acceptors (Lipinski definition) is 5. The van der Waals surface area contributed by atoms with Crippen molar-refractivity contribution in [1.29, 1.82) is 0 Å². The van der Waals surface area contributed by atoms with Crippen molar-refractivity contribution in [2.75, 3.05) is 13.1 Å². The first-order valence-corrected chi connectivity index (χ1v) is 14.5. The third-order valence-corrected chi connectivity index (χ3v) is 9.15. The molecule has 1 heterocycles. The van der Waals surface area contributed by atoms with Crippen molar-refractivity contribution in [3.8, 4) is 0 Å². The normalized spacial score (nSPS) is 13.6. The van der Waals surface area contributed by atoms with Gasteiger partial charge in [-0.25, -0.2) is 12.8 Å². The van der Waals surface area contributed by atoms with Gasteiger partial charge < -0.3 is 9.88 Å². The fourth-order valence-corrected chi connectivity index (χ4v) is 6.47. The van der Waals surface area contributed by atoms with E-state index in [2.05, 4.69) is 4.98 Å². The van der Waals surface area contributed by atoms with Crippen LogP contribution in [0.2, 0.25) is 5.02 Å². The summed E-state index contributed by atoms with van der Waals surface area (Å²) in [4.78, 5) is 28.8. The molecule has 1 saturated carbocycles. The maximum atomic E-state index is 13.7. The van der Waals surface area contributed by atoms with Crippen LogP contribution in [0.3, 0.4) is 0 Å². The number of carbonyl (C=O) groups excluding carboxylic acids is 1. The first-order valence-electron chi connectivity index (χ1n) is 12.7. The second kappa shape index (κ2) is 11.4. The Bertz CT molecular complexity index is 1670. The van der Waals surface area contributed by atoms with Crippen molar-refractivity contribution in [2.24, 2.45) is 0 Å². The van der Waals surface area contributed by atoms with Gasteiger partial charge in [-0.2, -0.15) is 4.31 Å². The van der Waals surface area contributed by atoms with E-state index >= 15 is 0 Å². The van der Waals surface area contributed by atoms with E-state index in [-0.39, 0.29) is 22.5 Å². The zero-order valence-electron chi connectivity index (χ0n) is 21.3. The maximum Gasteiger partial charge on any atom is 0.289 e. The van der Waals surface area contributed by atoms with Crippen LogP contribution in [0.15, 0.2) is 77.8 Å². The van der Waals surface area contributed by atoms with Gasteiger partial charge in [0, 0.05) is 42.3 Å². The van der Waals surface area contributed by atoms with Gasteiger partial charge >= 0.3 is 0 Å². The quantitative estimate of drug-likeness (QED) is 0.190. The van der Waals surface area contributed by atoms with Crippen molar-refractivity contribution >= 4 is 44.1 Å². The van der Waals surface area contributed by atoms with E-state index in [0.29, 0.717) is 31.4 Å². The van der Waals surface area contributed by atoms with E-state index in [4.69, 9.17) is 11.6 Å². The van der Waals surface area contributed by atoms with Crippen LogP contribution in [0.5, 0.6) is 0 Å². The molecule has 0 aliphatic heterocycles. The van der Waals surface area contributed by atoms with Crippen molar-refractivity contribution in [2.45, 2.75) is 36.7 Å². The molecule has 3 aromatic carbocycles. The van der Waals surface area contributed by atoms with Crippen LogP contribution in [-0.2, 0) is 27.8 Å². The number of rotatable bonds is 11. The number of nitro groups is 1. The summed E-state index contributed by atoms with van der Waals surface area (Å²) in [5.74, 6) is -0.827. The standard InChI is InChI=1S/C28H26ClFN4O5S/c29-25-12-11-23(15-27(25)34(36)37)40(38,39)33(22-9-10-22)18-28(35)32(17-19-5-7-21(30)8-6-19)14-13-20-16-31-26-4-2-1-3-24(20)26/h1-8,11-12,15-16,22,31H,9-10,13-14,17-18H2. The molecule has 0 atom stereocenters. The second-order valence-corrected chi connectivity index (χ2v) is 12.0. The van der Waals surface area contributed by atoms with Crippen LogP contribution in [0.1, 0.15) is 24.0 Å². The Morgan fingerprint density at radius 2 is 1.82 bits per heavy atom. The molecule has 9 nitrogen and oxygen atoms in total. The summed E-state index contributed by atoms with van der Waals surface area (Å²) in [6.07, 6.45) is 3.56. The van der Waals surface area contributed by atoms with E-state index in [1.54, 1.807) is 17.0 Å². The first kappa shape index (κ1) is 27.8. The molecule has 0 unspecified atom stereocenters. The number of nitro benzene ring substituents is 1. The second-order valence-electron chi connectivity index (χ2n) is 9.70. The Hall–Kier alpha value is -3.80. The highest BCUT2D eigenvalue weighted by molar-refractivity contribution is 7.89. The summed E-state index contributed by atoms with van der Waals surface area (Å²) in [5.41, 5.74) is 2.15. The lowest BCUT2D eigenvalue weighted by molar-refractivity contribution is -0.384. The van der Waals surface area contributed by atoms with Crippen LogP contribution in [0.25, 0.3) is 10.9 Å². The van der Waals surface area contributed by atoms with Crippen molar-refractivity contribution in [1.82, 2.24) is 14.2 Å². The minimum atomic E-state index is -4.24. The van der Waals surface area contributed by atoms with Gasteiger partial charge in [0.15, 0.2) is 0 Å². The van der Waals surface area contributed by atoms with Crippen LogP contribution in [0.4, 0.5) is 10.1 Å². The summed E-state index contributed by atoms with van der Waals surface area (Å²) >= 11 is 5.89. The van der Waals surface area contributed by atoms with Crippen molar-refractivity contribution in [3.05, 3.63) is 105 Å². The largest absolute Gasteiger partial charge is 0.361 e. The molecular weight excluding hydrogens is 559 g/mol. The number of nitrogens with one attached hydrogen (secondary N) is 1. The summed E-state index contributed by atoms with van der Waals surface area (Å²) in [7, 11) is -4.24. The number of fused-ring (bicyclic) bond motifs is 1. The number of amides is 1. The Morgan fingerprint density at radius 3 is 2.52 bits per heavy atom. The fourth-order valence-electron chi connectivity index (χ4n) is 4.63. The average Bonchev–Trinajstić information content (AvgIpc) is 3.69. The molecule has 1 aliphatic rings. The van der Waals surface area contributed by atoms with Crippen molar-refractivity contribution in [3.63, 3.8) is 0 Å². The molecule has 4 aromatic rings. The number of para-hydroxylation sites is 1. The number of nitrogens with zero attached hydrogens (tertiary/aromatic N) is 3. The average molecular weight is 585 g/mol. The van der Waals surface area contributed by atoms with Gasteiger partial charge in [-0.15, -0.1) is 0 Å². The molecule has 1 aromatic heterocycles. The predicted molar refractivity (Wildman–Crippen MR) is 149 cm³/mol. The van der Waals surface area contributed by atoms with Gasteiger partial charge in [0.25, 0.3) is 5.69 Å². The van der Waals surface area contributed by atoms with Crippen LogP contribution in [0, 0.1) is 15.9 Å². The summed E-state index contributed by atoms with van der Waals surface area (Å²) < 4.78 is 41.8. The number of aromatic nitrogens is 1. The Balaban J connectivity index is 1.40. The van der Waals surface area contributed by atoms with Gasteiger partial charge in [0.1, 0.15) is 10.8 Å². The number of halogens is 2. The smallest absolute Gasteiger partial charge is 0.289 e. The lowest BCUT2D eigenvalue weighted by atomic mass is 10.1.